The average molecular weight is 421 g/mol. The van der Waals surface area contributed by atoms with Crippen LogP contribution in [0, 0.1) is 13.8 Å². The van der Waals surface area contributed by atoms with Gasteiger partial charge < -0.3 is 5.32 Å². The van der Waals surface area contributed by atoms with Crippen molar-refractivity contribution in [3.63, 3.8) is 0 Å². The molecule has 0 bridgehead atoms. The minimum absolute atomic E-state index is 0.298. The number of aryl methyl sites for hydroxylation is 2. The molecule has 3 amide bonds. The molecule has 4 rings (SSSR count). The van der Waals surface area contributed by atoms with Gasteiger partial charge in [0.1, 0.15) is 5.82 Å². The highest BCUT2D eigenvalue weighted by molar-refractivity contribution is 6.03. The van der Waals surface area contributed by atoms with Gasteiger partial charge in [-0.25, -0.2) is 4.79 Å². The van der Waals surface area contributed by atoms with Crippen LogP contribution in [0.3, 0.4) is 0 Å². The van der Waals surface area contributed by atoms with Crippen LogP contribution >= 0.6 is 0 Å². The molecule has 0 spiro atoms. The molecule has 31 heavy (non-hydrogen) atoms. The number of urea groups is 1. The first-order chi connectivity index (χ1) is 14.9. The zero-order chi connectivity index (χ0) is 22.0. The van der Waals surface area contributed by atoms with Crippen LogP contribution in [0.25, 0.3) is 5.65 Å². The normalized spacial score (nSPS) is 16.2. The number of anilines is 1. The number of carbonyl (C=O) groups excluding carboxylic acids is 2. The number of piperidine rings is 1. The SMILES string of the molecule is Cc1ccc(NC(=O)NC(=O)C(C)N2CCC(c3nnc4ccccn34)CC2)c(C)c1. The summed E-state index contributed by atoms with van der Waals surface area (Å²) >= 11 is 0. The molecule has 1 saturated heterocycles. The summed E-state index contributed by atoms with van der Waals surface area (Å²) in [6.07, 6.45) is 3.77. The lowest BCUT2D eigenvalue weighted by atomic mass is 9.95. The highest BCUT2D eigenvalue weighted by Crippen LogP contribution is 2.28. The topological polar surface area (TPSA) is 91.6 Å². The van der Waals surface area contributed by atoms with Crippen LogP contribution in [-0.4, -0.2) is 50.6 Å². The van der Waals surface area contributed by atoms with Crippen LogP contribution < -0.4 is 10.6 Å². The van der Waals surface area contributed by atoms with Crippen molar-refractivity contribution < 1.29 is 9.59 Å². The Balaban J connectivity index is 1.31. The lowest BCUT2D eigenvalue weighted by Gasteiger charge is -2.34. The number of hydrogen-bond donors (Lipinski definition) is 2. The van der Waals surface area contributed by atoms with E-state index < -0.39 is 6.03 Å². The Hall–Kier alpha value is -3.26. The lowest BCUT2D eigenvalue weighted by molar-refractivity contribution is -0.125. The van der Waals surface area contributed by atoms with E-state index in [1.54, 1.807) is 0 Å². The number of likely N-dealkylation sites (tertiary alicyclic amines) is 1. The van der Waals surface area contributed by atoms with E-state index in [1.807, 2.05) is 67.8 Å². The fourth-order valence-corrected chi connectivity index (χ4v) is 4.17. The Kier molecular flexibility index (Phi) is 5.99. The van der Waals surface area contributed by atoms with E-state index in [0.29, 0.717) is 11.6 Å². The maximum Gasteiger partial charge on any atom is 0.325 e. The molecule has 3 aromatic rings. The Morgan fingerprint density at radius 1 is 1.10 bits per heavy atom. The number of amides is 3. The maximum atomic E-state index is 12.6. The fourth-order valence-electron chi connectivity index (χ4n) is 4.17. The number of nitrogens with zero attached hydrogens (tertiary/aromatic N) is 4. The number of fused-ring (bicyclic) bond motifs is 1. The summed E-state index contributed by atoms with van der Waals surface area (Å²) in [5.74, 6) is 0.977. The summed E-state index contributed by atoms with van der Waals surface area (Å²) in [5, 5.41) is 13.9. The quantitative estimate of drug-likeness (QED) is 0.676. The van der Waals surface area contributed by atoms with E-state index in [9.17, 15) is 9.59 Å². The molecule has 1 aliphatic rings. The van der Waals surface area contributed by atoms with Gasteiger partial charge in [0.15, 0.2) is 5.65 Å². The smallest absolute Gasteiger partial charge is 0.307 e. The summed E-state index contributed by atoms with van der Waals surface area (Å²) in [5.41, 5.74) is 3.63. The monoisotopic (exact) mass is 420 g/mol. The molecule has 2 N–H and O–H groups in total. The third-order valence-electron chi connectivity index (χ3n) is 6.03. The molecule has 8 heteroatoms. The van der Waals surface area contributed by atoms with Crippen LogP contribution in [-0.2, 0) is 4.79 Å². The van der Waals surface area contributed by atoms with Crippen LogP contribution in [0.4, 0.5) is 10.5 Å². The molecule has 8 nitrogen and oxygen atoms in total. The summed E-state index contributed by atoms with van der Waals surface area (Å²) in [4.78, 5) is 27.0. The minimum atomic E-state index is -0.506. The number of aromatic nitrogens is 3. The summed E-state index contributed by atoms with van der Waals surface area (Å²) in [6, 6.07) is 10.7. The van der Waals surface area contributed by atoms with Gasteiger partial charge in [-0.1, -0.05) is 23.8 Å². The van der Waals surface area contributed by atoms with Gasteiger partial charge in [-0.15, -0.1) is 10.2 Å². The first-order valence-corrected chi connectivity index (χ1v) is 10.6. The van der Waals surface area contributed by atoms with E-state index in [4.69, 9.17) is 0 Å². The molecule has 1 aromatic carbocycles. The summed E-state index contributed by atoms with van der Waals surface area (Å²) in [7, 11) is 0. The number of hydrogen-bond acceptors (Lipinski definition) is 5. The molecule has 1 aliphatic heterocycles. The van der Waals surface area contributed by atoms with Crippen molar-refractivity contribution >= 4 is 23.3 Å². The van der Waals surface area contributed by atoms with Crippen molar-refractivity contribution in [2.24, 2.45) is 0 Å². The predicted octanol–water partition coefficient (Wildman–Crippen LogP) is 3.26. The zero-order valence-corrected chi connectivity index (χ0v) is 18.1. The Bertz CT molecular complexity index is 1100. The third kappa shape index (κ3) is 4.59. The highest BCUT2D eigenvalue weighted by Gasteiger charge is 2.30. The standard InChI is InChI=1S/C23H28N6O2/c1-15-7-8-19(16(2)14-15)24-23(31)25-22(30)17(3)28-12-9-18(10-13-28)21-27-26-20-6-4-5-11-29(20)21/h4-8,11,14,17-18H,9-10,12-13H2,1-3H3,(H2,24,25,30,31). The van der Waals surface area contributed by atoms with E-state index >= 15 is 0 Å². The van der Waals surface area contributed by atoms with Gasteiger partial charge in [-0.05, 0) is 70.5 Å². The van der Waals surface area contributed by atoms with Crippen molar-refractivity contribution in [2.45, 2.75) is 45.6 Å². The van der Waals surface area contributed by atoms with E-state index in [-0.39, 0.29) is 11.9 Å². The Morgan fingerprint density at radius 2 is 1.87 bits per heavy atom. The molecule has 0 aliphatic carbocycles. The minimum Gasteiger partial charge on any atom is -0.307 e. The van der Waals surface area contributed by atoms with Crippen LogP contribution in [0.2, 0.25) is 0 Å². The second-order valence-corrected chi connectivity index (χ2v) is 8.24. The average Bonchev–Trinajstić information content (AvgIpc) is 3.19. The molecule has 1 fully saturated rings. The van der Waals surface area contributed by atoms with Gasteiger partial charge in [0.2, 0.25) is 5.91 Å². The van der Waals surface area contributed by atoms with Crippen molar-refractivity contribution in [2.75, 3.05) is 18.4 Å². The summed E-state index contributed by atoms with van der Waals surface area (Å²) in [6.45, 7) is 7.29. The highest BCUT2D eigenvalue weighted by atomic mass is 16.2. The fraction of sp³-hybridized carbons (Fsp3) is 0.391. The van der Waals surface area contributed by atoms with Gasteiger partial charge >= 0.3 is 6.03 Å². The van der Waals surface area contributed by atoms with Gasteiger partial charge in [-0.2, -0.15) is 0 Å². The second-order valence-electron chi connectivity index (χ2n) is 8.24. The van der Waals surface area contributed by atoms with Crippen molar-refractivity contribution in [3.05, 3.63) is 59.5 Å². The molecular formula is C23H28N6O2. The molecule has 0 saturated carbocycles. The van der Waals surface area contributed by atoms with Gasteiger partial charge in [0.05, 0.1) is 6.04 Å². The van der Waals surface area contributed by atoms with Gasteiger partial charge in [0.25, 0.3) is 0 Å². The number of benzene rings is 1. The van der Waals surface area contributed by atoms with Crippen molar-refractivity contribution in [1.82, 2.24) is 24.8 Å². The largest absolute Gasteiger partial charge is 0.325 e. The lowest BCUT2D eigenvalue weighted by Crippen LogP contribution is -2.50. The molecule has 3 heterocycles. The van der Waals surface area contributed by atoms with E-state index in [2.05, 4.69) is 25.7 Å². The van der Waals surface area contributed by atoms with E-state index in [1.165, 1.54) is 0 Å². The number of carbonyl (C=O) groups is 2. The number of nitrogens with one attached hydrogen (secondary N) is 2. The van der Waals surface area contributed by atoms with Crippen molar-refractivity contribution in [1.29, 1.82) is 0 Å². The number of rotatable bonds is 4. The molecular weight excluding hydrogens is 392 g/mol. The molecule has 1 atom stereocenters. The van der Waals surface area contributed by atoms with Crippen LogP contribution in [0.5, 0.6) is 0 Å². The Morgan fingerprint density at radius 3 is 2.61 bits per heavy atom. The predicted molar refractivity (Wildman–Crippen MR) is 119 cm³/mol. The Labute approximate surface area is 181 Å². The number of imide groups is 1. The van der Waals surface area contributed by atoms with Gasteiger partial charge in [0, 0.05) is 17.8 Å². The van der Waals surface area contributed by atoms with Crippen LogP contribution in [0.1, 0.15) is 42.6 Å². The molecule has 2 aromatic heterocycles. The van der Waals surface area contributed by atoms with E-state index in [0.717, 1.165) is 48.5 Å². The van der Waals surface area contributed by atoms with Gasteiger partial charge in [-0.3, -0.25) is 19.4 Å². The third-order valence-corrected chi connectivity index (χ3v) is 6.03. The first kappa shape index (κ1) is 21.0. The number of pyridine rings is 1. The molecule has 0 radical (unpaired) electrons. The van der Waals surface area contributed by atoms with Crippen molar-refractivity contribution in [3.8, 4) is 0 Å². The zero-order valence-electron chi connectivity index (χ0n) is 18.1. The first-order valence-electron chi connectivity index (χ1n) is 10.6. The maximum absolute atomic E-state index is 12.6. The molecule has 1 unspecified atom stereocenters. The summed E-state index contributed by atoms with van der Waals surface area (Å²) < 4.78 is 2.04. The molecule has 162 valence electrons. The second kappa shape index (κ2) is 8.85. The van der Waals surface area contributed by atoms with Crippen LogP contribution in [0.15, 0.2) is 42.6 Å².